The quantitative estimate of drug-likeness (QED) is 0.645. The number of ether oxygens (including phenoxy) is 2. The highest BCUT2D eigenvalue weighted by Crippen LogP contribution is 2.18. The fraction of sp³-hybridized carbons (Fsp3) is 0.455. The van der Waals surface area contributed by atoms with Crippen molar-refractivity contribution in [2.24, 2.45) is 0 Å². The van der Waals surface area contributed by atoms with Crippen LogP contribution in [0.5, 0.6) is 5.75 Å². The Morgan fingerprint density at radius 1 is 1.24 bits per heavy atom. The Morgan fingerprint density at radius 3 is 2.29 bits per heavy atom. The monoisotopic (exact) mass is 250 g/mol. The first-order chi connectivity index (χ1) is 7.88. The van der Waals surface area contributed by atoms with Gasteiger partial charge in [0.25, 0.3) is 0 Å². The van der Waals surface area contributed by atoms with E-state index < -0.39 is 25.7 Å². The molecule has 0 unspecified atom stereocenters. The second kappa shape index (κ2) is 5.88. The highest BCUT2D eigenvalue weighted by Gasteiger charge is 2.27. The van der Waals surface area contributed by atoms with Crippen molar-refractivity contribution in [2.45, 2.75) is 19.2 Å². The molecule has 0 radical (unpaired) electrons. The van der Waals surface area contributed by atoms with Gasteiger partial charge in [0, 0.05) is 0 Å². The molecule has 1 rings (SSSR count). The minimum atomic E-state index is -4.35. The van der Waals surface area contributed by atoms with E-state index in [0.29, 0.717) is 11.3 Å². The fourth-order valence-electron chi connectivity index (χ4n) is 1.11. The van der Waals surface area contributed by atoms with Gasteiger partial charge in [0.05, 0.1) is 6.10 Å². The zero-order valence-electron chi connectivity index (χ0n) is 9.20. The Morgan fingerprint density at radius 2 is 1.82 bits per heavy atom. The third-order valence-electron chi connectivity index (χ3n) is 1.94. The third-order valence-corrected chi connectivity index (χ3v) is 1.94. The predicted octanol–water partition coefficient (Wildman–Crippen LogP) is 2.66. The summed E-state index contributed by atoms with van der Waals surface area (Å²) in [6.07, 6.45) is -4.94. The Kier molecular flexibility index (Phi) is 4.77. The lowest BCUT2D eigenvalue weighted by molar-refractivity contribution is -0.186. The molecule has 0 saturated heterocycles. The topological polar surface area (TPSA) is 38.7 Å². The molecule has 1 aromatic rings. The Balaban J connectivity index is 2.33. The molecule has 0 heterocycles. The van der Waals surface area contributed by atoms with Crippen LogP contribution >= 0.6 is 0 Å². The summed E-state index contributed by atoms with van der Waals surface area (Å²) in [7, 11) is 0. The number of hydrogen-bond acceptors (Lipinski definition) is 3. The number of halogens is 3. The Labute approximate surface area is 96.8 Å². The average molecular weight is 250 g/mol. The Hall–Kier alpha value is -1.27. The Bertz CT molecular complexity index is 333. The molecule has 0 saturated carbocycles. The van der Waals surface area contributed by atoms with Gasteiger partial charge in [0.1, 0.15) is 12.4 Å². The largest absolute Gasteiger partial charge is 0.468 e. The van der Waals surface area contributed by atoms with Crippen LogP contribution in [0, 0.1) is 0 Å². The highest BCUT2D eigenvalue weighted by molar-refractivity contribution is 5.28. The molecule has 0 aromatic heterocycles. The van der Waals surface area contributed by atoms with Crippen LogP contribution in [-0.4, -0.2) is 24.7 Å². The van der Waals surface area contributed by atoms with Gasteiger partial charge in [-0.1, -0.05) is 12.1 Å². The zero-order chi connectivity index (χ0) is 12.9. The van der Waals surface area contributed by atoms with Crippen molar-refractivity contribution < 1.29 is 27.8 Å². The van der Waals surface area contributed by atoms with E-state index in [0.717, 1.165) is 0 Å². The number of aliphatic hydroxyl groups excluding tert-OH is 1. The number of alkyl halides is 3. The van der Waals surface area contributed by atoms with Crippen LogP contribution in [0.25, 0.3) is 0 Å². The SMILES string of the molecule is C[C@H](O)c1ccc(OCOCC(F)(F)F)cc1. The zero-order valence-corrected chi connectivity index (χ0v) is 9.20. The molecule has 3 nitrogen and oxygen atoms in total. The number of rotatable bonds is 5. The molecule has 0 aliphatic carbocycles. The molecule has 0 bridgehead atoms. The van der Waals surface area contributed by atoms with Crippen molar-refractivity contribution in [3.63, 3.8) is 0 Å². The van der Waals surface area contributed by atoms with E-state index in [1.807, 2.05) is 0 Å². The summed E-state index contributed by atoms with van der Waals surface area (Å²) < 4.78 is 44.4. The van der Waals surface area contributed by atoms with Crippen LogP contribution in [-0.2, 0) is 4.74 Å². The van der Waals surface area contributed by atoms with Gasteiger partial charge in [0.2, 0.25) is 0 Å². The van der Waals surface area contributed by atoms with Gasteiger partial charge < -0.3 is 14.6 Å². The standard InChI is InChI=1S/C11H13F3O3/c1-8(15)9-2-4-10(5-3-9)17-7-16-6-11(12,13)14/h2-5,8,15H,6-7H2,1H3/t8-/m0/s1. The predicted molar refractivity (Wildman–Crippen MR) is 54.6 cm³/mol. The lowest BCUT2D eigenvalue weighted by atomic mass is 10.1. The van der Waals surface area contributed by atoms with E-state index in [9.17, 15) is 18.3 Å². The molecule has 0 aliphatic heterocycles. The van der Waals surface area contributed by atoms with E-state index in [2.05, 4.69) is 4.74 Å². The second-order valence-corrected chi connectivity index (χ2v) is 3.47. The fourth-order valence-corrected chi connectivity index (χ4v) is 1.11. The smallest absolute Gasteiger partial charge is 0.411 e. The molecule has 96 valence electrons. The molecule has 1 atom stereocenters. The maximum absolute atomic E-state index is 11.7. The third kappa shape index (κ3) is 5.55. The minimum Gasteiger partial charge on any atom is -0.468 e. The molecule has 6 heteroatoms. The number of aliphatic hydroxyl groups is 1. The lowest BCUT2D eigenvalue weighted by Gasteiger charge is -2.10. The van der Waals surface area contributed by atoms with Crippen LogP contribution < -0.4 is 4.74 Å². The first-order valence-electron chi connectivity index (χ1n) is 4.94. The highest BCUT2D eigenvalue weighted by atomic mass is 19.4. The van der Waals surface area contributed by atoms with Crippen molar-refractivity contribution in [1.82, 2.24) is 0 Å². The van der Waals surface area contributed by atoms with Crippen molar-refractivity contribution in [2.75, 3.05) is 13.4 Å². The lowest BCUT2D eigenvalue weighted by Crippen LogP contribution is -2.19. The molecule has 17 heavy (non-hydrogen) atoms. The molecule has 0 amide bonds. The van der Waals surface area contributed by atoms with E-state index >= 15 is 0 Å². The summed E-state index contributed by atoms with van der Waals surface area (Å²) in [6, 6.07) is 6.37. The van der Waals surface area contributed by atoms with Crippen LogP contribution in [0.1, 0.15) is 18.6 Å². The summed E-state index contributed by atoms with van der Waals surface area (Å²) >= 11 is 0. The van der Waals surface area contributed by atoms with Crippen molar-refractivity contribution in [3.05, 3.63) is 29.8 Å². The van der Waals surface area contributed by atoms with Gasteiger partial charge in [-0.25, -0.2) is 0 Å². The molecular formula is C11H13F3O3. The van der Waals surface area contributed by atoms with Gasteiger partial charge in [-0.2, -0.15) is 13.2 Å². The normalized spacial score (nSPS) is 13.5. The van der Waals surface area contributed by atoms with Crippen molar-refractivity contribution >= 4 is 0 Å². The van der Waals surface area contributed by atoms with Crippen LogP contribution in [0.2, 0.25) is 0 Å². The van der Waals surface area contributed by atoms with Gasteiger partial charge in [0.15, 0.2) is 6.79 Å². The molecular weight excluding hydrogens is 237 g/mol. The number of benzene rings is 1. The van der Waals surface area contributed by atoms with E-state index in [1.54, 1.807) is 31.2 Å². The van der Waals surface area contributed by atoms with E-state index in [-0.39, 0.29) is 0 Å². The number of hydrogen-bond donors (Lipinski definition) is 1. The summed E-state index contributed by atoms with van der Waals surface area (Å²) in [5.74, 6) is 0.386. The van der Waals surface area contributed by atoms with Gasteiger partial charge in [-0.3, -0.25) is 0 Å². The first-order valence-corrected chi connectivity index (χ1v) is 4.94. The van der Waals surface area contributed by atoms with E-state index in [4.69, 9.17) is 4.74 Å². The first kappa shape index (κ1) is 13.8. The summed E-state index contributed by atoms with van der Waals surface area (Å²) in [5.41, 5.74) is 0.702. The molecule has 1 N–H and O–H groups in total. The minimum absolute atomic E-state index is 0.386. The van der Waals surface area contributed by atoms with Gasteiger partial charge in [-0.15, -0.1) is 0 Å². The van der Waals surface area contributed by atoms with Gasteiger partial charge in [-0.05, 0) is 24.6 Å². The van der Waals surface area contributed by atoms with Crippen LogP contribution in [0.4, 0.5) is 13.2 Å². The van der Waals surface area contributed by atoms with Crippen molar-refractivity contribution in [3.8, 4) is 5.75 Å². The molecule has 0 spiro atoms. The maximum Gasteiger partial charge on any atom is 0.411 e. The van der Waals surface area contributed by atoms with Crippen LogP contribution in [0.3, 0.4) is 0 Å². The van der Waals surface area contributed by atoms with E-state index in [1.165, 1.54) is 0 Å². The molecule has 1 aromatic carbocycles. The van der Waals surface area contributed by atoms with Crippen LogP contribution in [0.15, 0.2) is 24.3 Å². The van der Waals surface area contributed by atoms with Crippen molar-refractivity contribution in [1.29, 1.82) is 0 Å². The molecule has 0 fully saturated rings. The summed E-state index contributed by atoms with van der Waals surface area (Å²) in [5, 5.41) is 9.23. The summed E-state index contributed by atoms with van der Waals surface area (Å²) in [6.45, 7) is -0.186. The summed E-state index contributed by atoms with van der Waals surface area (Å²) in [4.78, 5) is 0. The maximum atomic E-state index is 11.7. The van der Waals surface area contributed by atoms with Gasteiger partial charge >= 0.3 is 6.18 Å². The molecule has 0 aliphatic rings. The average Bonchev–Trinajstić information content (AvgIpc) is 2.24. The second-order valence-electron chi connectivity index (χ2n) is 3.47.